The fraction of sp³-hybridized carbons (Fsp3) is 0.250. The van der Waals surface area contributed by atoms with Crippen LogP contribution >= 0.6 is 22.7 Å². The molecule has 0 aliphatic carbocycles. The van der Waals surface area contributed by atoms with E-state index >= 15 is 0 Å². The van der Waals surface area contributed by atoms with Crippen molar-refractivity contribution in [2.24, 2.45) is 0 Å². The molecule has 1 N–H and O–H groups in total. The summed E-state index contributed by atoms with van der Waals surface area (Å²) in [6, 6.07) is 0. The lowest BCUT2D eigenvalue weighted by Crippen LogP contribution is -1.87. The molecule has 0 spiro atoms. The van der Waals surface area contributed by atoms with Crippen molar-refractivity contribution in [1.29, 1.82) is 0 Å². The first-order chi connectivity index (χ1) is 6.24. The van der Waals surface area contributed by atoms with Crippen LogP contribution in [0, 0.1) is 13.8 Å². The molecule has 0 aromatic carbocycles. The fourth-order valence-corrected chi connectivity index (χ4v) is 2.33. The zero-order valence-electron chi connectivity index (χ0n) is 7.37. The van der Waals surface area contributed by atoms with Gasteiger partial charge in [0.05, 0.1) is 5.69 Å². The Morgan fingerprint density at radius 1 is 1.31 bits per heavy atom. The van der Waals surface area contributed by atoms with Crippen molar-refractivity contribution in [3.8, 4) is 0 Å². The highest BCUT2D eigenvalue weighted by molar-refractivity contribution is 7.17. The van der Waals surface area contributed by atoms with E-state index in [0.29, 0.717) is 0 Å². The molecule has 0 saturated carbocycles. The highest BCUT2D eigenvalue weighted by atomic mass is 32.1. The molecule has 2 heterocycles. The van der Waals surface area contributed by atoms with Gasteiger partial charge >= 0.3 is 0 Å². The lowest BCUT2D eigenvalue weighted by Gasteiger charge is -1.93. The van der Waals surface area contributed by atoms with Crippen molar-refractivity contribution < 1.29 is 0 Å². The number of hydrogen-bond donors (Lipinski definition) is 1. The summed E-state index contributed by atoms with van der Waals surface area (Å²) in [7, 11) is 0. The zero-order valence-corrected chi connectivity index (χ0v) is 9.00. The lowest BCUT2D eigenvalue weighted by atomic mass is 10.6. The van der Waals surface area contributed by atoms with E-state index in [4.69, 9.17) is 0 Å². The molecular formula is C8H9N3S2. The van der Waals surface area contributed by atoms with Gasteiger partial charge in [-0.1, -0.05) is 0 Å². The third kappa shape index (κ3) is 2.05. The van der Waals surface area contributed by atoms with E-state index in [1.807, 2.05) is 25.4 Å². The van der Waals surface area contributed by atoms with Crippen LogP contribution in [0.15, 0.2) is 11.6 Å². The first-order valence-electron chi connectivity index (χ1n) is 3.85. The van der Waals surface area contributed by atoms with Crippen molar-refractivity contribution >= 4 is 32.9 Å². The maximum absolute atomic E-state index is 4.29. The fourth-order valence-electron chi connectivity index (χ4n) is 0.915. The van der Waals surface area contributed by atoms with E-state index in [2.05, 4.69) is 15.3 Å². The molecule has 0 fully saturated rings. The van der Waals surface area contributed by atoms with E-state index < -0.39 is 0 Å². The first-order valence-corrected chi connectivity index (χ1v) is 5.55. The summed E-state index contributed by atoms with van der Waals surface area (Å²) >= 11 is 3.23. The van der Waals surface area contributed by atoms with Crippen molar-refractivity contribution in [3.05, 3.63) is 22.1 Å². The maximum atomic E-state index is 4.29. The van der Waals surface area contributed by atoms with E-state index in [1.165, 1.54) is 4.88 Å². The molecule has 0 radical (unpaired) electrons. The Bertz CT molecular complexity index is 367. The summed E-state index contributed by atoms with van der Waals surface area (Å²) < 4.78 is 0. The molecule has 5 heteroatoms. The van der Waals surface area contributed by atoms with Gasteiger partial charge in [0.2, 0.25) is 0 Å². The molecule has 13 heavy (non-hydrogen) atoms. The molecular weight excluding hydrogens is 202 g/mol. The summed E-state index contributed by atoms with van der Waals surface area (Å²) in [6.07, 6.45) is 1.85. The summed E-state index contributed by atoms with van der Waals surface area (Å²) in [5, 5.41) is 7.00. The standard InChI is InChI=1S/C8H9N3S2/c1-5-4-12-8(10-5)11-7-9-3-6(2)13-7/h3-4H,1-2H3,(H,9,10,11). The molecule has 2 aromatic heterocycles. The van der Waals surface area contributed by atoms with Gasteiger partial charge in [-0.15, -0.1) is 22.7 Å². The third-order valence-corrected chi connectivity index (χ3v) is 3.16. The largest absolute Gasteiger partial charge is 0.307 e. The van der Waals surface area contributed by atoms with Crippen molar-refractivity contribution in [3.63, 3.8) is 0 Å². The summed E-state index contributed by atoms with van der Waals surface area (Å²) in [5.74, 6) is 0. The van der Waals surface area contributed by atoms with Gasteiger partial charge in [-0.3, -0.25) is 0 Å². The van der Waals surface area contributed by atoms with Crippen LogP contribution in [0.5, 0.6) is 0 Å². The lowest BCUT2D eigenvalue weighted by molar-refractivity contribution is 1.25. The van der Waals surface area contributed by atoms with Crippen LogP contribution in [0.25, 0.3) is 0 Å². The van der Waals surface area contributed by atoms with Gasteiger partial charge in [0.25, 0.3) is 0 Å². The Kier molecular flexibility index (Phi) is 2.28. The second-order valence-electron chi connectivity index (χ2n) is 2.70. The number of aryl methyl sites for hydroxylation is 2. The third-order valence-electron chi connectivity index (χ3n) is 1.45. The number of thiazole rings is 2. The monoisotopic (exact) mass is 211 g/mol. The van der Waals surface area contributed by atoms with Crippen molar-refractivity contribution in [2.45, 2.75) is 13.8 Å². The number of nitrogens with one attached hydrogen (secondary N) is 1. The topological polar surface area (TPSA) is 37.8 Å². The van der Waals surface area contributed by atoms with E-state index in [1.54, 1.807) is 22.7 Å². The van der Waals surface area contributed by atoms with Gasteiger partial charge in [-0.25, -0.2) is 9.97 Å². The van der Waals surface area contributed by atoms with Gasteiger partial charge in [-0.05, 0) is 13.8 Å². The summed E-state index contributed by atoms with van der Waals surface area (Å²) in [5.41, 5.74) is 1.04. The molecule has 3 nitrogen and oxygen atoms in total. The van der Waals surface area contributed by atoms with Crippen LogP contribution in [0.2, 0.25) is 0 Å². The van der Waals surface area contributed by atoms with Crippen LogP contribution in [0.3, 0.4) is 0 Å². The minimum Gasteiger partial charge on any atom is -0.307 e. The van der Waals surface area contributed by atoms with Crippen LogP contribution in [-0.2, 0) is 0 Å². The number of rotatable bonds is 2. The van der Waals surface area contributed by atoms with Gasteiger partial charge in [0, 0.05) is 16.5 Å². The normalized spacial score (nSPS) is 10.3. The summed E-state index contributed by atoms with van der Waals surface area (Å²) in [6.45, 7) is 4.02. The molecule has 0 unspecified atom stereocenters. The van der Waals surface area contributed by atoms with Crippen molar-refractivity contribution in [1.82, 2.24) is 9.97 Å². The Labute approximate surface area is 84.5 Å². The second kappa shape index (κ2) is 3.43. The van der Waals surface area contributed by atoms with Gasteiger partial charge in [0.15, 0.2) is 10.3 Å². The maximum Gasteiger partial charge on any atom is 0.189 e. The van der Waals surface area contributed by atoms with E-state index in [9.17, 15) is 0 Å². The Balaban J connectivity index is 2.14. The number of nitrogens with zero attached hydrogens (tertiary/aromatic N) is 2. The molecule has 0 aliphatic heterocycles. The smallest absolute Gasteiger partial charge is 0.189 e. The van der Waals surface area contributed by atoms with Gasteiger partial charge < -0.3 is 5.32 Å². The Morgan fingerprint density at radius 2 is 2.15 bits per heavy atom. The van der Waals surface area contributed by atoms with E-state index in [0.717, 1.165) is 16.0 Å². The van der Waals surface area contributed by atoms with Gasteiger partial charge in [-0.2, -0.15) is 0 Å². The van der Waals surface area contributed by atoms with Gasteiger partial charge in [0.1, 0.15) is 0 Å². The van der Waals surface area contributed by atoms with Crippen LogP contribution < -0.4 is 5.32 Å². The molecule has 0 atom stereocenters. The molecule has 0 saturated heterocycles. The predicted molar refractivity (Wildman–Crippen MR) is 57.0 cm³/mol. The van der Waals surface area contributed by atoms with Crippen molar-refractivity contribution in [2.75, 3.05) is 5.32 Å². The number of hydrogen-bond acceptors (Lipinski definition) is 5. The minimum atomic E-state index is 0.909. The molecule has 2 aromatic rings. The van der Waals surface area contributed by atoms with Crippen LogP contribution in [-0.4, -0.2) is 9.97 Å². The predicted octanol–water partition coefficient (Wildman–Crippen LogP) is 2.96. The number of anilines is 2. The average molecular weight is 211 g/mol. The highest BCUT2D eigenvalue weighted by Crippen LogP contribution is 2.23. The average Bonchev–Trinajstić information content (AvgIpc) is 2.62. The molecule has 68 valence electrons. The molecule has 0 aliphatic rings. The molecule has 0 amide bonds. The second-order valence-corrected chi connectivity index (χ2v) is 4.79. The number of aromatic nitrogens is 2. The highest BCUT2D eigenvalue weighted by Gasteiger charge is 2.01. The van der Waals surface area contributed by atoms with E-state index in [-0.39, 0.29) is 0 Å². The molecule has 0 bridgehead atoms. The zero-order chi connectivity index (χ0) is 9.26. The minimum absolute atomic E-state index is 0.909. The van der Waals surface area contributed by atoms with Crippen LogP contribution in [0.4, 0.5) is 10.3 Å². The quantitative estimate of drug-likeness (QED) is 0.830. The first kappa shape index (κ1) is 8.65. The van der Waals surface area contributed by atoms with Crippen LogP contribution in [0.1, 0.15) is 10.6 Å². The SMILES string of the molecule is Cc1csc(Nc2ncc(C)s2)n1. The Hall–Kier alpha value is -0.940. The molecule has 2 rings (SSSR count). The Morgan fingerprint density at radius 3 is 2.69 bits per heavy atom. The summed E-state index contributed by atoms with van der Waals surface area (Å²) in [4.78, 5) is 9.69.